The van der Waals surface area contributed by atoms with E-state index in [0.29, 0.717) is 68.1 Å². The first-order chi connectivity index (χ1) is 18.0. The Morgan fingerprint density at radius 3 is 2.57 bits per heavy atom. The monoisotopic (exact) mass is 504 g/mol. The Hall–Kier alpha value is -3.85. The van der Waals surface area contributed by atoms with Crippen molar-refractivity contribution < 1.29 is 23.8 Å². The molecule has 1 N–H and O–H groups in total. The third-order valence-corrected chi connectivity index (χ3v) is 6.72. The minimum Gasteiger partial charge on any atom is -0.493 e. The molecule has 2 aliphatic rings. The van der Waals surface area contributed by atoms with Gasteiger partial charge in [0.05, 0.1) is 26.0 Å². The van der Waals surface area contributed by atoms with Gasteiger partial charge in [0.15, 0.2) is 11.5 Å². The second-order valence-corrected chi connectivity index (χ2v) is 9.37. The summed E-state index contributed by atoms with van der Waals surface area (Å²) in [6.07, 6.45) is 2.28. The van der Waals surface area contributed by atoms with Crippen LogP contribution < -0.4 is 14.8 Å². The molecule has 37 heavy (non-hydrogen) atoms. The highest BCUT2D eigenvalue weighted by Crippen LogP contribution is 2.39. The van der Waals surface area contributed by atoms with E-state index in [1.807, 2.05) is 53.4 Å². The summed E-state index contributed by atoms with van der Waals surface area (Å²) in [5, 5.41) is 7.44. The van der Waals surface area contributed by atoms with Crippen LogP contribution >= 0.6 is 0 Å². The standard InChI is InChI=1S/C28H32N4O5/c1-31-24(16-23(30-31)20-10-11-20)27(33)29-17-22-4-3-5-25(26(22)35-2)37-18-19-6-8-21(9-7-19)28(34)32-12-14-36-15-13-32/h3-9,16,20H,10-15,17-18H2,1-2H3,(H,29,33). The third-order valence-electron chi connectivity index (χ3n) is 6.72. The number of carbonyl (C=O) groups excluding carboxylic acids is 2. The Labute approximate surface area is 216 Å². The minimum absolute atomic E-state index is 0.0158. The first-order valence-electron chi connectivity index (χ1n) is 12.6. The lowest BCUT2D eigenvalue weighted by atomic mass is 10.1. The van der Waals surface area contributed by atoms with Crippen LogP contribution in [0.4, 0.5) is 0 Å². The van der Waals surface area contributed by atoms with Gasteiger partial charge in [0.2, 0.25) is 0 Å². The number of para-hydroxylation sites is 1. The maximum Gasteiger partial charge on any atom is 0.269 e. The Morgan fingerprint density at radius 2 is 1.86 bits per heavy atom. The third kappa shape index (κ3) is 5.77. The lowest BCUT2D eigenvalue weighted by molar-refractivity contribution is 0.0303. The van der Waals surface area contributed by atoms with E-state index in [4.69, 9.17) is 14.2 Å². The van der Waals surface area contributed by atoms with Crippen LogP contribution in [0.5, 0.6) is 11.5 Å². The Morgan fingerprint density at radius 1 is 1.11 bits per heavy atom. The molecule has 9 heteroatoms. The Bertz CT molecular complexity index is 1260. The fourth-order valence-electron chi connectivity index (χ4n) is 4.45. The molecule has 1 saturated heterocycles. The topological polar surface area (TPSA) is 94.9 Å². The molecule has 194 valence electrons. The van der Waals surface area contributed by atoms with Crippen molar-refractivity contribution in [2.75, 3.05) is 33.4 Å². The molecule has 1 aromatic heterocycles. The van der Waals surface area contributed by atoms with E-state index in [9.17, 15) is 9.59 Å². The molecule has 0 atom stereocenters. The van der Waals surface area contributed by atoms with Crippen LogP contribution in [-0.2, 0) is 24.9 Å². The maximum absolute atomic E-state index is 12.8. The highest BCUT2D eigenvalue weighted by molar-refractivity contribution is 5.94. The smallest absolute Gasteiger partial charge is 0.269 e. The van der Waals surface area contributed by atoms with Crippen LogP contribution in [0.25, 0.3) is 0 Å². The van der Waals surface area contributed by atoms with Crippen LogP contribution in [0.2, 0.25) is 0 Å². The van der Waals surface area contributed by atoms with Crippen LogP contribution in [-0.4, -0.2) is 59.9 Å². The average Bonchev–Trinajstić information content (AvgIpc) is 3.72. The summed E-state index contributed by atoms with van der Waals surface area (Å²) in [5.41, 5.74) is 3.92. The van der Waals surface area contributed by atoms with Crippen LogP contribution in [0.15, 0.2) is 48.5 Å². The molecule has 2 heterocycles. The van der Waals surface area contributed by atoms with E-state index in [1.54, 1.807) is 18.8 Å². The van der Waals surface area contributed by atoms with Gasteiger partial charge < -0.3 is 24.4 Å². The van der Waals surface area contributed by atoms with Crippen molar-refractivity contribution in [2.45, 2.75) is 31.9 Å². The van der Waals surface area contributed by atoms with Crippen molar-refractivity contribution >= 4 is 11.8 Å². The number of hydrogen-bond acceptors (Lipinski definition) is 6. The summed E-state index contributed by atoms with van der Waals surface area (Å²) in [5.74, 6) is 1.48. The highest BCUT2D eigenvalue weighted by Gasteiger charge is 2.28. The van der Waals surface area contributed by atoms with Crippen molar-refractivity contribution in [1.29, 1.82) is 0 Å². The van der Waals surface area contributed by atoms with Gasteiger partial charge >= 0.3 is 0 Å². The zero-order valence-electron chi connectivity index (χ0n) is 21.2. The van der Waals surface area contributed by atoms with E-state index in [2.05, 4.69) is 10.4 Å². The number of hydrogen-bond donors (Lipinski definition) is 1. The SMILES string of the molecule is COc1c(CNC(=O)c2cc(C3CC3)nn2C)cccc1OCc1ccc(C(=O)N2CCOCC2)cc1. The molecule has 2 aromatic carbocycles. The molecule has 0 radical (unpaired) electrons. The number of morpholine rings is 1. The van der Waals surface area contributed by atoms with Gasteiger partial charge in [0, 0.05) is 43.7 Å². The fourth-order valence-corrected chi connectivity index (χ4v) is 4.45. The fraction of sp³-hybridized carbons (Fsp3) is 0.393. The molecule has 1 aliphatic heterocycles. The summed E-state index contributed by atoms with van der Waals surface area (Å²) in [6.45, 7) is 2.99. The minimum atomic E-state index is -0.179. The predicted molar refractivity (Wildman–Crippen MR) is 137 cm³/mol. The summed E-state index contributed by atoms with van der Waals surface area (Å²) >= 11 is 0. The van der Waals surface area contributed by atoms with Gasteiger partial charge in [-0.3, -0.25) is 14.3 Å². The van der Waals surface area contributed by atoms with Gasteiger partial charge in [-0.15, -0.1) is 0 Å². The van der Waals surface area contributed by atoms with E-state index < -0.39 is 0 Å². The molecule has 0 bridgehead atoms. The molecule has 0 spiro atoms. The summed E-state index contributed by atoms with van der Waals surface area (Å²) < 4.78 is 18.7. The number of aryl methyl sites for hydroxylation is 1. The van der Waals surface area contributed by atoms with Gasteiger partial charge in [-0.2, -0.15) is 5.10 Å². The molecular formula is C28H32N4O5. The van der Waals surface area contributed by atoms with E-state index in [-0.39, 0.29) is 11.8 Å². The molecule has 5 rings (SSSR count). The van der Waals surface area contributed by atoms with Gasteiger partial charge in [0.25, 0.3) is 11.8 Å². The number of rotatable bonds is 9. The van der Waals surface area contributed by atoms with Gasteiger partial charge in [-0.1, -0.05) is 24.3 Å². The normalized spacial score (nSPS) is 15.4. The van der Waals surface area contributed by atoms with E-state index >= 15 is 0 Å². The summed E-state index contributed by atoms with van der Waals surface area (Å²) in [7, 11) is 3.38. The first kappa shape index (κ1) is 24.8. The van der Waals surface area contributed by atoms with Crippen molar-refractivity contribution in [3.05, 3.63) is 76.6 Å². The zero-order valence-corrected chi connectivity index (χ0v) is 21.2. The summed E-state index contributed by atoms with van der Waals surface area (Å²) in [4.78, 5) is 27.3. The Kier molecular flexibility index (Phi) is 7.41. The largest absolute Gasteiger partial charge is 0.493 e. The van der Waals surface area contributed by atoms with Crippen LogP contribution in [0.1, 0.15) is 56.4 Å². The molecular weight excluding hydrogens is 472 g/mol. The molecule has 3 aromatic rings. The molecule has 1 saturated carbocycles. The lowest BCUT2D eigenvalue weighted by Gasteiger charge is -2.26. The predicted octanol–water partition coefficient (Wildman–Crippen LogP) is 3.29. The van der Waals surface area contributed by atoms with Crippen molar-refractivity contribution in [1.82, 2.24) is 20.0 Å². The van der Waals surface area contributed by atoms with Crippen molar-refractivity contribution in [3.63, 3.8) is 0 Å². The number of nitrogens with one attached hydrogen (secondary N) is 1. The molecule has 9 nitrogen and oxygen atoms in total. The van der Waals surface area contributed by atoms with E-state index in [0.717, 1.165) is 29.7 Å². The van der Waals surface area contributed by atoms with Gasteiger partial charge in [0.1, 0.15) is 12.3 Å². The highest BCUT2D eigenvalue weighted by atomic mass is 16.5. The van der Waals surface area contributed by atoms with Crippen LogP contribution in [0.3, 0.4) is 0 Å². The number of carbonyl (C=O) groups is 2. The number of aromatic nitrogens is 2. The second-order valence-electron chi connectivity index (χ2n) is 9.37. The lowest BCUT2D eigenvalue weighted by Crippen LogP contribution is -2.40. The molecule has 1 aliphatic carbocycles. The number of methoxy groups -OCH3 is 1. The number of amides is 2. The van der Waals surface area contributed by atoms with Gasteiger partial charge in [-0.25, -0.2) is 0 Å². The first-order valence-corrected chi connectivity index (χ1v) is 12.6. The van der Waals surface area contributed by atoms with Crippen molar-refractivity contribution in [3.8, 4) is 11.5 Å². The molecule has 2 amide bonds. The average molecular weight is 505 g/mol. The van der Waals surface area contributed by atoms with Crippen LogP contribution in [0, 0.1) is 0 Å². The number of nitrogens with zero attached hydrogens (tertiary/aromatic N) is 3. The summed E-state index contributed by atoms with van der Waals surface area (Å²) in [6, 6.07) is 14.9. The quantitative estimate of drug-likeness (QED) is 0.481. The molecule has 2 fully saturated rings. The molecule has 0 unspecified atom stereocenters. The number of benzene rings is 2. The van der Waals surface area contributed by atoms with E-state index in [1.165, 1.54) is 0 Å². The Balaban J connectivity index is 1.19. The maximum atomic E-state index is 12.8. The second kappa shape index (κ2) is 11.0. The van der Waals surface area contributed by atoms with Crippen molar-refractivity contribution in [2.24, 2.45) is 7.05 Å². The van der Waals surface area contributed by atoms with Gasteiger partial charge in [-0.05, 0) is 42.7 Å². The zero-order chi connectivity index (χ0) is 25.8. The number of ether oxygens (including phenoxy) is 3.